The number of halogens is 1. The van der Waals surface area contributed by atoms with Crippen molar-refractivity contribution in [3.63, 3.8) is 0 Å². The second-order valence-electron chi connectivity index (χ2n) is 7.72. The zero-order chi connectivity index (χ0) is 21.8. The number of fused-ring (bicyclic) bond motifs is 1. The highest BCUT2D eigenvalue weighted by molar-refractivity contribution is 7.89. The van der Waals surface area contributed by atoms with E-state index in [0.717, 1.165) is 44.3 Å². The lowest BCUT2D eigenvalue weighted by Gasteiger charge is -2.30. The summed E-state index contributed by atoms with van der Waals surface area (Å²) in [5, 5.41) is 0.589. The summed E-state index contributed by atoms with van der Waals surface area (Å²) in [5.41, 5.74) is 0.792. The van der Waals surface area contributed by atoms with E-state index in [4.69, 9.17) is 21.1 Å². The van der Waals surface area contributed by atoms with Gasteiger partial charge in [0.15, 0.2) is 11.5 Å². The number of hydrogen-bond donors (Lipinski definition) is 1. The molecule has 2 aromatic rings. The summed E-state index contributed by atoms with van der Waals surface area (Å²) >= 11 is 5.86. The molecule has 0 aromatic heterocycles. The van der Waals surface area contributed by atoms with E-state index in [1.54, 1.807) is 24.3 Å². The summed E-state index contributed by atoms with van der Waals surface area (Å²) in [4.78, 5) is 14.7. The Labute approximate surface area is 187 Å². The molecule has 1 saturated heterocycles. The van der Waals surface area contributed by atoms with Crippen molar-refractivity contribution in [3.05, 3.63) is 53.1 Å². The van der Waals surface area contributed by atoms with Crippen molar-refractivity contribution >= 4 is 27.5 Å². The summed E-state index contributed by atoms with van der Waals surface area (Å²) in [5.74, 6) is 0.610. The molecule has 2 heterocycles. The van der Waals surface area contributed by atoms with E-state index >= 15 is 0 Å². The van der Waals surface area contributed by atoms with Crippen molar-refractivity contribution < 1.29 is 22.7 Å². The fourth-order valence-electron chi connectivity index (χ4n) is 3.70. The van der Waals surface area contributed by atoms with E-state index in [1.807, 2.05) is 4.90 Å². The molecule has 0 bridgehead atoms. The Kier molecular flexibility index (Phi) is 6.69. The number of nitrogens with one attached hydrogen (secondary N) is 1. The number of likely N-dealkylation sites (tertiary alicyclic amines) is 1. The van der Waals surface area contributed by atoms with Crippen LogP contribution < -0.4 is 14.2 Å². The van der Waals surface area contributed by atoms with Gasteiger partial charge in [0.1, 0.15) is 6.61 Å². The number of ether oxygens (including phenoxy) is 2. The highest BCUT2D eigenvalue weighted by Gasteiger charge is 2.32. The van der Waals surface area contributed by atoms with Gasteiger partial charge in [0, 0.05) is 30.7 Å². The molecule has 0 spiro atoms. The Morgan fingerprint density at radius 1 is 1.03 bits per heavy atom. The third-order valence-corrected chi connectivity index (χ3v) is 7.11. The number of carbonyl (C=O) groups excluding carboxylic acids is 1. The lowest BCUT2D eigenvalue weighted by Crippen LogP contribution is -2.46. The average Bonchev–Trinajstić information content (AvgIpc) is 3.07. The molecule has 166 valence electrons. The molecule has 1 atom stereocenters. The number of hydrogen-bond acceptors (Lipinski definition) is 5. The molecule has 2 aliphatic rings. The fourth-order valence-corrected chi connectivity index (χ4v) is 4.86. The Morgan fingerprint density at radius 2 is 1.74 bits per heavy atom. The largest absolute Gasteiger partial charge is 0.485 e. The molecule has 0 radical (unpaired) electrons. The normalized spacial score (nSPS) is 19.0. The zero-order valence-electron chi connectivity index (χ0n) is 17.1. The van der Waals surface area contributed by atoms with Crippen molar-refractivity contribution in [2.45, 2.75) is 43.2 Å². The number of amides is 1. The van der Waals surface area contributed by atoms with Gasteiger partial charge in [-0.25, -0.2) is 13.1 Å². The summed E-state index contributed by atoms with van der Waals surface area (Å²) in [7, 11) is -3.75. The predicted octanol–water partition coefficient (Wildman–Crippen LogP) is 3.36. The minimum absolute atomic E-state index is 0.0596. The molecule has 0 aliphatic carbocycles. The molecule has 7 nitrogen and oxygen atoms in total. The zero-order valence-corrected chi connectivity index (χ0v) is 18.6. The lowest BCUT2D eigenvalue weighted by molar-refractivity contribution is -0.141. The first kappa shape index (κ1) is 21.9. The maximum Gasteiger partial charge on any atom is 0.267 e. The standard InChI is InChI=1S/C22H25ClN2O5S/c23-17-7-5-16(6-8-17)14-24-31(27,28)18-9-10-19-20(13-18)29-15-21(30-19)22(26)25-11-3-1-2-4-12-25/h5-10,13,21,24H,1-4,11-12,14-15H2/t21-/m0/s1. The van der Waals surface area contributed by atoms with Crippen LogP contribution in [0.3, 0.4) is 0 Å². The van der Waals surface area contributed by atoms with E-state index < -0.39 is 16.1 Å². The molecule has 1 N–H and O–H groups in total. The van der Waals surface area contributed by atoms with Crippen LogP contribution in [0, 0.1) is 0 Å². The molecular formula is C22H25ClN2O5S. The number of nitrogens with zero attached hydrogens (tertiary/aromatic N) is 1. The molecule has 0 unspecified atom stereocenters. The van der Waals surface area contributed by atoms with Crippen LogP contribution in [0.2, 0.25) is 5.02 Å². The van der Waals surface area contributed by atoms with E-state index in [9.17, 15) is 13.2 Å². The molecule has 9 heteroatoms. The number of sulfonamides is 1. The van der Waals surface area contributed by atoms with Crippen molar-refractivity contribution in [2.24, 2.45) is 0 Å². The predicted molar refractivity (Wildman–Crippen MR) is 117 cm³/mol. The van der Waals surface area contributed by atoms with Crippen molar-refractivity contribution in [3.8, 4) is 11.5 Å². The van der Waals surface area contributed by atoms with Gasteiger partial charge in [0.25, 0.3) is 5.91 Å². The Morgan fingerprint density at radius 3 is 2.45 bits per heavy atom. The third-order valence-electron chi connectivity index (χ3n) is 5.46. The van der Waals surface area contributed by atoms with Gasteiger partial charge < -0.3 is 14.4 Å². The monoisotopic (exact) mass is 464 g/mol. The van der Waals surface area contributed by atoms with E-state index in [1.165, 1.54) is 18.2 Å². The van der Waals surface area contributed by atoms with Crippen LogP contribution in [-0.4, -0.2) is 45.0 Å². The van der Waals surface area contributed by atoms with Gasteiger partial charge in [-0.3, -0.25) is 4.79 Å². The fraction of sp³-hybridized carbons (Fsp3) is 0.409. The second kappa shape index (κ2) is 9.46. The van der Waals surface area contributed by atoms with Crippen LogP contribution >= 0.6 is 11.6 Å². The van der Waals surface area contributed by atoms with Crippen molar-refractivity contribution in [1.29, 1.82) is 0 Å². The molecular weight excluding hydrogens is 440 g/mol. The van der Waals surface area contributed by atoms with Gasteiger partial charge in [-0.15, -0.1) is 0 Å². The van der Waals surface area contributed by atoms with Gasteiger partial charge in [-0.1, -0.05) is 36.6 Å². The van der Waals surface area contributed by atoms with Gasteiger partial charge in [0.05, 0.1) is 4.90 Å². The highest BCUT2D eigenvalue weighted by Crippen LogP contribution is 2.34. The van der Waals surface area contributed by atoms with Gasteiger partial charge in [0.2, 0.25) is 16.1 Å². The number of rotatable bonds is 5. The van der Waals surface area contributed by atoms with Crippen LogP contribution in [0.1, 0.15) is 31.2 Å². The lowest BCUT2D eigenvalue weighted by atomic mass is 10.2. The molecule has 31 heavy (non-hydrogen) atoms. The molecule has 0 saturated carbocycles. The second-order valence-corrected chi connectivity index (χ2v) is 9.92. The minimum Gasteiger partial charge on any atom is -0.485 e. The first-order valence-electron chi connectivity index (χ1n) is 10.4. The van der Waals surface area contributed by atoms with E-state index in [0.29, 0.717) is 16.5 Å². The Hall–Kier alpha value is -2.29. The van der Waals surface area contributed by atoms with Crippen LogP contribution in [0.5, 0.6) is 11.5 Å². The molecule has 1 fully saturated rings. The summed E-state index contributed by atoms with van der Waals surface area (Å²) < 4.78 is 39.5. The molecule has 4 rings (SSSR count). The highest BCUT2D eigenvalue weighted by atomic mass is 35.5. The first-order chi connectivity index (χ1) is 14.9. The Bertz CT molecular complexity index is 1030. The summed E-state index contributed by atoms with van der Waals surface area (Å²) in [6.07, 6.45) is 3.56. The molecule has 2 aromatic carbocycles. The average molecular weight is 465 g/mol. The first-order valence-corrected chi connectivity index (χ1v) is 12.2. The van der Waals surface area contributed by atoms with Gasteiger partial charge >= 0.3 is 0 Å². The third kappa shape index (κ3) is 5.31. The van der Waals surface area contributed by atoms with Crippen LogP contribution in [0.15, 0.2) is 47.4 Å². The van der Waals surface area contributed by atoms with Crippen LogP contribution in [-0.2, 0) is 21.4 Å². The van der Waals surface area contributed by atoms with Gasteiger partial charge in [-0.05, 0) is 42.7 Å². The number of benzene rings is 2. The molecule has 1 amide bonds. The van der Waals surface area contributed by atoms with E-state index in [2.05, 4.69) is 4.72 Å². The van der Waals surface area contributed by atoms with Gasteiger partial charge in [-0.2, -0.15) is 0 Å². The minimum atomic E-state index is -3.75. The maximum absolute atomic E-state index is 12.8. The Balaban J connectivity index is 1.42. The topological polar surface area (TPSA) is 84.9 Å². The van der Waals surface area contributed by atoms with Crippen LogP contribution in [0.25, 0.3) is 0 Å². The SMILES string of the molecule is O=C([C@@H]1COc2cc(S(=O)(=O)NCc3ccc(Cl)cc3)ccc2O1)N1CCCCCC1. The molecule has 2 aliphatic heterocycles. The maximum atomic E-state index is 12.8. The van der Waals surface area contributed by atoms with Crippen molar-refractivity contribution in [1.82, 2.24) is 9.62 Å². The van der Waals surface area contributed by atoms with Crippen LogP contribution in [0.4, 0.5) is 0 Å². The van der Waals surface area contributed by atoms with E-state index in [-0.39, 0.29) is 24.0 Å². The summed E-state index contributed by atoms with van der Waals surface area (Å²) in [6.45, 7) is 1.68. The number of carbonyl (C=O) groups is 1. The quantitative estimate of drug-likeness (QED) is 0.733. The smallest absolute Gasteiger partial charge is 0.267 e. The van der Waals surface area contributed by atoms with Crippen molar-refractivity contribution in [2.75, 3.05) is 19.7 Å². The summed E-state index contributed by atoms with van der Waals surface area (Å²) in [6, 6.07) is 11.3.